The van der Waals surface area contributed by atoms with Crippen LogP contribution < -0.4 is 4.74 Å². The quantitative estimate of drug-likeness (QED) is 0.867. The summed E-state index contributed by atoms with van der Waals surface area (Å²) < 4.78 is 45.3. The number of aliphatic carboxylic acids is 1. The van der Waals surface area contributed by atoms with E-state index in [1.54, 1.807) is 0 Å². The highest BCUT2D eigenvalue weighted by molar-refractivity contribution is 6.03. The fourth-order valence-electron chi connectivity index (χ4n) is 2.63. The van der Waals surface area contributed by atoms with Gasteiger partial charge in [-0.1, -0.05) is 25.1 Å². The molecule has 2 heterocycles. The van der Waals surface area contributed by atoms with Crippen LogP contribution in [0.3, 0.4) is 0 Å². The average Bonchev–Trinajstić information content (AvgIpc) is 2.59. The topological polar surface area (TPSA) is 92.5 Å². The predicted molar refractivity (Wildman–Crippen MR) is 83.1 cm³/mol. The van der Waals surface area contributed by atoms with E-state index in [1.165, 1.54) is 36.7 Å². The van der Waals surface area contributed by atoms with E-state index in [9.17, 15) is 28.2 Å². The number of nitrogens with zero attached hydrogens (tertiary/aromatic N) is 2. The van der Waals surface area contributed by atoms with Gasteiger partial charge in [0.1, 0.15) is 11.3 Å². The number of alkyl halides is 3. The molecule has 1 aromatic carbocycles. The molecule has 9 heteroatoms. The molecule has 3 rings (SSSR count). The van der Waals surface area contributed by atoms with Gasteiger partial charge in [-0.25, -0.2) is 14.8 Å². The number of carbonyl (C=O) groups is 1. The maximum absolute atomic E-state index is 13.5. The zero-order chi connectivity index (χ0) is 19.1. The molecule has 1 atom stereocenters. The van der Waals surface area contributed by atoms with E-state index in [2.05, 4.69) is 9.97 Å². The Labute approximate surface area is 145 Å². The smallest absolute Gasteiger partial charge is 0.460 e. The van der Waals surface area contributed by atoms with Gasteiger partial charge >= 0.3 is 17.9 Å². The van der Waals surface area contributed by atoms with Crippen molar-refractivity contribution in [3.8, 4) is 5.75 Å². The Hall–Kier alpha value is -2.94. The monoisotopic (exact) mass is 366 g/mol. The first-order chi connectivity index (χ1) is 12.2. The largest absolute Gasteiger partial charge is 0.478 e. The van der Waals surface area contributed by atoms with Crippen LogP contribution in [0.5, 0.6) is 5.75 Å². The number of fused-ring (bicyclic) bond motifs is 1. The predicted octanol–water partition coefficient (Wildman–Crippen LogP) is 2.57. The van der Waals surface area contributed by atoms with Crippen LogP contribution in [0.2, 0.25) is 0 Å². The first-order valence-electron chi connectivity index (χ1n) is 7.56. The van der Waals surface area contributed by atoms with Crippen LogP contribution >= 0.6 is 0 Å². The van der Waals surface area contributed by atoms with Crippen molar-refractivity contribution in [3.05, 3.63) is 59.2 Å². The third-order valence-electron chi connectivity index (χ3n) is 3.94. The number of aryl methyl sites for hydroxylation is 1. The molecule has 1 aliphatic rings. The van der Waals surface area contributed by atoms with E-state index in [0.717, 1.165) is 5.56 Å². The van der Waals surface area contributed by atoms with Crippen molar-refractivity contribution in [1.29, 1.82) is 0 Å². The number of carboxylic acids is 1. The summed E-state index contributed by atoms with van der Waals surface area (Å²) in [6.07, 6.45) is -2.03. The van der Waals surface area contributed by atoms with E-state index in [4.69, 9.17) is 4.74 Å². The van der Waals surface area contributed by atoms with Crippen LogP contribution in [0.4, 0.5) is 13.2 Å². The molecule has 0 saturated heterocycles. The second kappa shape index (κ2) is 6.10. The molecule has 6 nitrogen and oxygen atoms in total. The molecule has 0 spiro atoms. The molecule has 136 valence electrons. The molecular weight excluding hydrogens is 353 g/mol. The van der Waals surface area contributed by atoms with Crippen molar-refractivity contribution in [2.24, 2.45) is 0 Å². The Morgan fingerprint density at radius 1 is 1.23 bits per heavy atom. The Kier molecular flexibility index (Phi) is 4.19. The normalized spacial score (nSPS) is 19.7. The molecule has 1 aromatic heterocycles. The first kappa shape index (κ1) is 17.9. The van der Waals surface area contributed by atoms with Crippen LogP contribution in [-0.2, 0) is 11.2 Å². The van der Waals surface area contributed by atoms with Crippen molar-refractivity contribution >= 4 is 11.5 Å². The van der Waals surface area contributed by atoms with Crippen LogP contribution in [0.1, 0.15) is 23.9 Å². The molecular formula is C17H13F3N2O4. The molecule has 0 saturated carbocycles. The number of para-hydroxylation sites is 1. The summed E-state index contributed by atoms with van der Waals surface area (Å²) in [5, 5.41) is 19.6. The number of hydrogen-bond acceptors (Lipinski definition) is 5. The maximum atomic E-state index is 13.5. The summed E-state index contributed by atoms with van der Waals surface area (Å²) in [5.41, 5.74) is -1.06. The molecule has 0 radical (unpaired) electrons. The SMILES string of the molecule is CCc1cnc(C2=C(C(=O)O)C(O)(C(F)(F)F)Oc3ccccc32)nc1. The number of aliphatic hydroxyl groups is 1. The van der Waals surface area contributed by atoms with Crippen molar-refractivity contribution in [2.75, 3.05) is 0 Å². The second-order valence-electron chi connectivity index (χ2n) is 5.56. The molecule has 0 amide bonds. The van der Waals surface area contributed by atoms with Gasteiger partial charge in [-0.2, -0.15) is 13.2 Å². The summed E-state index contributed by atoms with van der Waals surface area (Å²) in [5.74, 6) is -6.60. The molecule has 2 aromatic rings. The Morgan fingerprint density at radius 3 is 2.38 bits per heavy atom. The van der Waals surface area contributed by atoms with Crippen molar-refractivity contribution in [3.63, 3.8) is 0 Å². The van der Waals surface area contributed by atoms with E-state index in [-0.39, 0.29) is 17.1 Å². The molecule has 1 aliphatic heterocycles. The molecule has 0 bridgehead atoms. The number of benzene rings is 1. The fraction of sp³-hybridized carbons (Fsp3) is 0.235. The van der Waals surface area contributed by atoms with E-state index in [0.29, 0.717) is 6.42 Å². The van der Waals surface area contributed by atoms with Gasteiger partial charge in [0.05, 0.1) is 0 Å². The first-order valence-corrected chi connectivity index (χ1v) is 7.56. The van der Waals surface area contributed by atoms with Crippen LogP contribution in [0.25, 0.3) is 5.57 Å². The standard InChI is InChI=1S/C17H13F3N2O4/c1-2-9-7-21-14(22-8-9)12-10-5-3-4-6-11(10)26-16(25,17(18,19)20)13(12)15(23)24/h3-8,25H,2H2,1H3,(H,23,24). The minimum atomic E-state index is -5.40. The second-order valence-corrected chi connectivity index (χ2v) is 5.56. The third kappa shape index (κ3) is 2.70. The van der Waals surface area contributed by atoms with Gasteiger partial charge in [-0.3, -0.25) is 0 Å². The number of hydrogen-bond donors (Lipinski definition) is 2. The van der Waals surface area contributed by atoms with E-state index < -0.39 is 29.1 Å². The minimum Gasteiger partial charge on any atom is -0.478 e. The van der Waals surface area contributed by atoms with Crippen molar-refractivity contribution < 1.29 is 32.9 Å². The summed E-state index contributed by atoms with van der Waals surface area (Å²) >= 11 is 0. The highest BCUT2D eigenvalue weighted by Gasteiger charge is 2.64. The lowest BCUT2D eigenvalue weighted by Crippen LogP contribution is -2.55. The van der Waals surface area contributed by atoms with Gasteiger partial charge in [0.15, 0.2) is 5.82 Å². The highest BCUT2D eigenvalue weighted by atomic mass is 19.4. The van der Waals surface area contributed by atoms with Gasteiger partial charge < -0.3 is 14.9 Å². The van der Waals surface area contributed by atoms with Crippen molar-refractivity contribution in [1.82, 2.24) is 9.97 Å². The zero-order valence-electron chi connectivity index (χ0n) is 13.4. The van der Waals surface area contributed by atoms with Gasteiger partial charge in [0, 0.05) is 23.5 Å². The lowest BCUT2D eigenvalue weighted by atomic mass is 9.89. The van der Waals surface area contributed by atoms with Crippen LogP contribution in [0, 0.1) is 0 Å². The fourth-order valence-corrected chi connectivity index (χ4v) is 2.63. The highest BCUT2D eigenvalue weighted by Crippen LogP contribution is 2.48. The molecule has 0 fully saturated rings. The van der Waals surface area contributed by atoms with Gasteiger partial charge in [0.2, 0.25) is 0 Å². The number of halogens is 3. The molecule has 26 heavy (non-hydrogen) atoms. The molecule has 1 unspecified atom stereocenters. The number of carboxylic acid groups (broad SMARTS) is 1. The molecule has 0 aliphatic carbocycles. The Morgan fingerprint density at radius 2 is 1.85 bits per heavy atom. The Bertz CT molecular complexity index is 894. The van der Waals surface area contributed by atoms with Crippen LogP contribution in [-0.4, -0.2) is 38.1 Å². The third-order valence-corrected chi connectivity index (χ3v) is 3.94. The number of rotatable bonds is 3. The minimum absolute atomic E-state index is 0.0445. The average molecular weight is 366 g/mol. The number of aromatic nitrogens is 2. The maximum Gasteiger partial charge on any atom is 0.460 e. The summed E-state index contributed by atoms with van der Waals surface area (Å²) in [4.78, 5) is 19.7. The Balaban J connectivity index is 2.37. The van der Waals surface area contributed by atoms with Crippen LogP contribution in [0.15, 0.2) is 42.2 Å². The summed E-state index contributed by atoms with van der Waals surface area (Å²) in [7, 11) is 0. The van der Waals surface area contributed by atoms with E-state index >= 15 is 0 Å². The van der Waals surface area contributed by atoms with Gasteiger partial charge in [-0.15, -0.1) is 0 Å². The summed E-state index contributed by atoms with van der Waals surface area (Å²) in [6.45, 7) is 1.84. The van der Waals surface area contributed by atoms with Gasteiger partial charge in [-0.05, 0) is 18.1 Å². The lowest BCUT2D eigenvalue weighted by molar-refractivity contribution is -0.316. The zero-order valence-corrected chi connectivity index (χ0v) is 13.4. The van der Waals surface area contributed by atoms with E-state index in [1.807, 2.05) is 6.92 Å². The lowest BCUT2D eigenvalue weighted by Gasteiger charge is -2.36. The van der Waals surface area contributed by atoms with Crippen molar-refractivity contribution in [2.45, 2.75) is 25.3 Å². The molecule has 2 N–H and O–H groups in total. The summed E-state index contributed by atoms with van der Waals surface area (Å²) in [6, 6.07) is 5.48. The van der Waals surface area contributed by atoms with Gasteiger partial charge in [0.25, 0.3) is 0 Å². The number of ether oxygens (including phenoxy) is 1.